The fourth-order valence-corrected chi connectivity index (χ4v) is 4.17. The third kappa shape index (κ3) is 2.99. The Morgan fingerprint density at radius 1 is 0.964 bits per heavy atom. The maximum absolute atomic E-state index is 14.6. The van der Waals surface area contributed by atoms with Gasteiger partial charge in [-0.25, -0.2) is 8.78 Å². The van der Waals surface area contributed by atoms with Crippen LogP contribution >= 0.6 is 0 Å². The Kier molecular flexibility index (Phi) is 4.71. The molecule has 144 valence electrons. The molecule has 28 heavy (non-hydrogen) atoms. The summed E-state index contributed by atoms with van der Waals surface area (Å²) < 4.78 is 27.9. The third-order valence-electron chi connectivity index (χ3n) is 5.52. The number of likely N-dealkylation sites (tertiary alicyclic amines) is 1. The van der Waals surface area contributed by atoms with Gasteiger partial charge in [0.15, 0.2) is 0 Å². The first-order chi connectivity index (χ1) is 13.5. The Hall–Kier alpha value is -3.02. The number of hydrogen-bond donors (Lipinski definition) is 1. The van der Waals surface area contributed by atoms with Gasteiger partial charge in [-0.2, -0.15) is 0 Å². The van der Waals surface area contributed by atoms with Crippen LogP contribution in [-0.4, -0.2) is 27.7 Å². The van der Waals surface area contributed by atoms with Crippen molar-refractivity contribution in [2.75, 3.05) is 0 Å². The van der Waals surface area contributed by atoms with Gasteiger partial charge in [0.25, 0.3) is 11.7 Å². The number of hydrogen-bond acceptors (Lipinski definition) is 3. The maximum atomic E-state index is 14.6. The van der Waals surface area contributed by atoms with E-state index in [0.29, 0.717) is 0 Å². The quantitative estimate of drug-likeness (QED) is 0.488. The zero-order chi connectivity index (χ0) is 19.8. The van der Waals surface area contributed by atoms with Crippen LogP contribution in [0.3, 0.4) is 0 Å². The highest BCUT2D eigenvalue weighted by Gasteiger charge is 2.49. The van der Waals surface area contributed by atoms with Crippen molar-refractivity contribution in [2.45, 2.75) is 37.8 Å². The molecule has 1 N–H and O–H groups in total. The predicted molar refractivity (Wildman–Crippen MR) is 99.2 cm³/mol. The van der Waals surface area contributed by atoms with Gasteiger partial charge < -0.3 is 10.0 Å². The first kappa shape index (κ1) is 18.3. The molecule has 1 heterocycles. The van der Waals surface area contributed by atoms with Gasteiger partial charge in [-0.3, -0.25) is 9.59 Å². The Labute approximate surface area is 161 Å². The second-order valence-electron chi connectivity index (χ2n) is 7.17. The van der Waals surface area contributed by atoms with Crippen LogP contribution < -0.4 is 0 Å². The van der Waals surface area contributed by atoms with Gasteiger partial charge in [0, 0.05) is 17.2 Å². The van der Waals surface area contributed by atoms with Crippen molar-refractivity contribution in [2.24, 2.45) is 0 Å². The highest BCUT2D eigenvalue weighted by atomic mass is 19.1. The summed E-state index contributed by atoms with van der Waals surface area (Å²) >= 11 is 0. The largest absolute Gasteiger partial charge is 0.507 e. The number of aliphatic hydroxyl groups excluding tert-OH is 1. The SMILES string of the molecule is O=C1C(=O)N(C2CCCC2)C(c2ccccc2F)/C1=C(/O)c1ccc(F)cc1. The predicted octanol–water partition coefficient (Wildman–Crippen LogP) is 4.33. The van der Waals surface area contributed by atoms with E-state index in [1.54, 1.807) is 6.07 Å². The lowest BCUT2D eigenvalue weighted by atomic mass is 9.94. The molecule has 4 rings (SSSR count). The Morgan fingerprint density at radius 3 is 2.25 bits per heavy atom. The minimum Gasteiger partial charge on any atom is -0.507 e. The van der Waals surface area contributed by atoms with E-state index >= 15 is 0 Å². The van der Waals surface area contributed by atoms with Gasteiger partial charge >= 0.3 is 0 Å². The molecule has 1 unspecified atom stereocenters. The molecule has 1 saturated heterocycles. The number of rotatable bonds is 3. The summed E-state index contributed by atoms with van der Waals surface area (Å²) in [4.78, 5) is 27.1. The average Bonchev–Trinajstić information content (AvgIpc) is 3.30. The summed E-state index contributed by atoms with van der Waals surface area (Å²) in [5.74, 6) is -3.05. The van der Waals surface area contributed by atoms with Crippen molar-refractivity contribution in [3.63, 3.8) is 0 Å². The van der Waals surface area contributed by atoms with E-state index in [4.69, 9.17) is 0 Å². The van der Waals surface area contributed by atoms with Crippen LogP contribution in [0.4, 0.5) is 8.78 Å². The summed E-state index contributed by atoms with van der Waals surface area (Å²) in [7, 11) is 0. The molecule has 6 heteroatoms. The molecule has 4 nitrogen and oxygen atoms in total. The van der Waals surface area contributed by atoms with Crippen molar-refractivity contribution in [3.05, 3.63) is 76.9 Å². The number of ketones is 1. The van der Waals surface area contributed by atoms with E-state index in [0.717, 1.165) is 37.8 Å². The molecule has 0 radical (unpaired) electrons. The van der Waals surface area contributed by atoms with E-state index in [-0.39, 0.29) is 22.7 Å². The molecule has 2 aliphatic rings. The van der Waals surface area contributed by atoms with Crippen molar-refractivity contribution in [1.82, 2.24) is 4.90 Å². The lowest BCUT2D eigenvalue weighted by Gasteiger charge is -2.30. The zero-order valence-corrected chi connectivity index (χ0v) is 15.1. The van der Waals surface area contributed by atoms with E-state index < -0.39 is 35.1 Å². The van der Waals surface area contributed by atoms with Crippen LogP contribution in [0.1, 0.15) is 42.9 Å². The summed E-state index contributed by atoms with van der Waals surface area (Å²) in [5, 5.41) is 10.8. The summed E-state index contributed by atoms with van der Waals surface area (Å²) in [6, 6.07) is 9.71. The number of amides is 1. The third-order valence-corrected chi connectivity index (χ3v) is 5.52. The minimum absolute atomic E-state index is 0.159. The standard InChI is InChI=1S/C22H19F2NO3/c23-14-11-9-13(10-12-14)20(26)18-19(16-7-3-4-8-17(16)24)25(22(28)21(18)27)15-5-1-2-6-15/h3-4,7-12,15,19,26H,1-2,5-6H2/b20-18-. The Balaban J connectivity index is 1.91. The van der Waals surface area contributed by atoms with E-state index in [1.165, 1.54) is 35.2 Å². The normalized spacial score (nSPS) is 22.2. The summed E-state index contributed by atoms with van der Waals surface area (Å²) in [6.07, 6.45) is 3.31. The first-order valence-corrected chi connectivity index (χ1v) is 9.29. The van der Waals surface area contributed by atoms with Gasteiger partial charge in [0.1, 0.15) is 17.4 Å². The van der Waals surface area contributed by atoms with Crippen molar-refractivity contribution < 1.29 is 23.5 Å². The number of carbonyl (C=O) groups excluding carboxylic acids is 2. The maximum Gasteiger partial charge on any atom is 0.295 e. The van der Waals surface area contributed by atoms with Crippen LogP contribution in [0, 0.1) is 11.6 Å². The fraction of sp³-hybridized carbons (Fsp3) is 0.273. The fourth-order valence-electron chi connectivity index (χ4n) is 4.17. The van der Waals surface area contributed by atoms with Gasteiger partial charge in [0.05, 0.1) is 11.6 Å². The monoisotopic (exact) mass is 383 g/mol. The number of halogens is 2. The summed E-state index contributed by atoms with van der Waals surface area (Å²) in [5.41, 5.74) is 0.207. The molecular weight excluding hydrogens is 364 g/mol. The number of aliphatic hydroxyl groups is 1. The first-order valence-electron chi connectivity index (χ1n) is 9.29. The summed E-state index contributed by atoms with van der Waals surface area (Å²) in [6.45, 7) is 0. The second kappa shape index (κ2) is 7.19. The number of Topliss-reactive ketones (excluding diaryl/α,β-unsaturated/α-hetero) is 1. The molecule has 1 amide bonds. The molecule has 2 fully saturated rings. The average molecular weight is 383 g/mol. The molecule has 1 aliphatic heterocycles. The van der Waals surface area contributed by atoms with Crippen LogP contribution in [-0.2, 0) is 9.59 Å². The molecule has 0 aromatic heterocycles. The molecule has 1 atom stereocenters. The number of benzene rings is 2. The highest BCUT2D eigenvalue weighted by molar-refractivity contribution is 6.46. The van der Waals surface area contributed by atoms with E-state index in [9.17, 15) is 23.5 Å². The van der Waals surface area contributed by atoms with Gasteiger partial charge in [-0.15, -0.1) is 0 Å². The van der Waals surface area contributed by atoms with Crippen LogP contribution in [0.15, 0.2) is 54.1 Å². The molecular formula is C22H19F2NO3. The number of nitrogens with zero attached hydrogens (tertiary/aromatic N) is 1. The molecule has 2 aromatic carbocycles. The van der Waals surface area contributed by atoms with Crippen molar-refractivity contribution in [3.8, 4) is 0 Å². The number of carbonyl (C=O) groups is 2. The smallest absolute Gasteiger partial charge is 0.295 e. The second-order valence-corrected chi connectivity index (χ2v) is 7.17. The minimum atomic E-state index is -1.01. The topological polar surface area (TPSA) is 57.6 Å². The van der Waals surface area contributed by atoms with Crippen LogP contribution in [0.2, 0.25) is 0 Å². The highest BCUT2D eigenvalue weighted by Crippen LogP contribution is 2.44. The Morgan fingerprint density at radius 2 is 1.61 bits per heavy atom. The van der Waals surface area contributed by atoms with E-state index in [2.05, 4.69) is 0 Å². The molecule has 2 aromatic rings. The molecule has 0 spiro atoms. The Bertz CT molecular complexity index is 962. The van der Waals surface area contributed by atoms with Crippen molar-refractivity contribution >= 4 is 17.4 Å². The molecule has 0 bridgehead atoms. The zero-order valence-electron chi connectivity index (χ0n) is 15.1. The molecule has 1 saturated carbocycles. The lowest BCUT2D eigenvalue weighted by molar-refractivity contribution is -0.141. The van der Waals surface area contributed by atoms with Gasteiger partial charge in [0.2, 0.25) is 0 Å². The lowest BCUT2D eigenvalue weighted by Crippen LogP contribution is -2.38. The van der Waals surface area contributed by atoms with Crippen LogP contribution in [0.25, 0.3) is 5.76 Å². The van der Waals surface area contributed by atoms with E-state index in [1.807, 2.05) is 0 Å². The van der Waals surface area contributed by atoms with Gasteiger partial charge in [-0.05, 0) is 43.2 Å². The van der Waals surface area contributed by atoms with Crippen LogP contribution in [0.5, 0.6) is 0 Å². The molecule has 1 aliphatic carbocycles. The van der Waals surface area contributed by atoms with Crippen molar-refractivity contribution in [1.29, 1.82) is 0 Å². The van der Waals surface area contributed by atoms with Gasteiger partial charge in [-0.1, -0.05) is 31.0 Å².